The Kier molecular flexibility index (Phi) is 4.25. The summed E-state index contributed by atoms with van der Waals surface area (Å²) in [4.78, 5) is 0. The number of aromatic nitrogens is 1. The van der Waals surface area contributed by atoms with Gasteiger partial charge in [0.15, 0.2) is 0 Å². The van der Waals surface area contributed by atoms with Gasteiger partial charge in [-0.2, -0.15) is 5.26 Å². The maximum atomic E-state index is 9.20. The molecule has 0 saturated heterocycles. The molecule has 0 radical (unpaired) electrons. The lowest BCUT2D eigenvalue weighted by atomic mass is 10.1. The van der Waals surface area contributed by atoms with Crippen LogP contribution in [-0.2, 0) is 13.1 Å². The summed E-state index contributed by atoms with van der Waals surface area (Å²) >= 11 is 0. The van der Waals surface area contributed by atoms with Gasteiger partial charge < -0.3 is 9.88 Å². The van der Waals surface area contributed by atoms with E-state index in [0.717, 1.165) is 36.3 Å². The molecule has 0 aliphatic carbocycles. The molecular weight excluding hydrogens is 234 g/mol. The largest absolute Gasteiger partial charge is 0.378 e. The van der Waals surface area contributed by atoms with Crippen LogP contribution in [0.15, 0.2) is 36.5 Å². The minimum absolute atomic E-state index is 0.732. The first-order chi connectivity index (χ1) is 9.26. The molecule has 0 aliphatic rings. The van der Waals surface area contributed by atoms with E-state index < -0.39 is 0 Å². The van der Waals surface area contributed by atoms with E-state index >= 15 is 0 Å². The van der Waals surface area contributed by atoms with Crippen molar-refractivity contribution in [2.75, 3.05) is 5.32 Å². The average molecular weight is 253 g/mol. The van der Waals surface area contributed by atoms with Gasteiger partial charge in [-0.3, -0.25) is 0 Å². The number of nitrogens with zero attached hydrogens (tertiary/aromatic N) is 2. The first-order valence-corrected chi connectivity index (χ1v) is 6.64. The summed E-state index contributed by atoms with van der Waals surface area (Å²) in [5.41, 5.74) is 3.89. The highest BCUT2D eigenvalue weighted by Gasteiger charge is 2.05. The maximum absolute atomic E-state index is 9.20. The standard InChI is InChI=1S/C16H19N3/c1-3-9-19-10-5-7-14(19)12-18-16-8-4-6-13(2)15(16)11-17/h4-8,10,18H,3,9,12H2,1-2H3. The van der Waals surface area contributed by atoms with Crippen LogP contribution in [0.2, 0.25) is 0 Å². The van der Waals surface area contributed by atoms with Crippen LogP contribution in [0.25, 0.3) is 0 Å². The van der Waals surface area contributed by atoms with Gasteiger partial charge in [0, 0.05) is 18.4 Å². The van der Waals surface area contributed by atoms with E-state index in [4.69, 9.17) is 0 Å². The number of rotatable bonds is 5. The van der Waals surface area contributed by atoms with Gasteiger partial charge in [-0.05, 0) is 37.1 Å². The highest BCUT2D eigenvalue weighted by atomic mass is 15.0. The molecule has 1 heterocycles. The van der Waals surface area contributed by atoms with Crippen molar-refractivity contribution in [2.45, 2.75) is 33.4 Å². The molecule has 0 fully saturated rings. The number of anilines is 1. The monoisotopic (exact) mass is 253 g/mol. The number of nitrogens with one attached hydrogen (secondary N) is 1. The maximum Gasteiger partial charge on any atom is 0.102 e. The van der Waals surface area contributed by atoms with Gasteiger partial charge in [0.25, 0.3) is 0 Å². The molecule has 19 heavy (non-hydrogen) atoms. The molecule has 0 aliphatic heterocycles. The van der Waals surface area contributed by atoms with Crippen molar-refractivity contribution in [3.05, 3.63) is 53.3 Å². The molecule has 0 spiro atoms. The second-order valence-corrected chi connectivity index (χ2v) is 4.66. The summed E-state index contributed by atoms with van der Waals surface area (Å²) < 4.78 is 2.24. The number of hydrogen-bond donors (Lipinski definition) is 1. The van der Waals surface area contributed by atoms with Crippen molar-refractivity contribution >= 4 is 5.69 Å². The van der Waals surface area contributed by atoms with E-state index in [9.17, 15) is 5.26 Å². The third kappa shape index (κ3) is 2.97. The molecule has 2 aromatic rings. The van der Waals surface area contributed by atoms with Gasteiger partial charge in [0.2, 0.25) is 0 Å². The lowest BCUT2D eigenvalue weighted by Gasteiger charge is -2.12. The van der Waals surface area contributed by atoms with Crippen LogP contribution in [0, 0.1) is 18.3 Å². The first-order valence-electron chi connectivity index (χ1n) is 6.64. The molecule has 98 valence electrons. The van der Waals surface area contributed by atoms with Crippen LogP contribution < -0.4 is 5.32 Å². The number of benzene rings is 1. The summed E-state index contributed by atoms with van der Waals surface area (Å²) in [7, 11) is 0. The molecule has 3 heteroatoms. The van der Waals surface area contributed by atoms with Crippen LogP contribution in [0.3, 0.4) is 0 Å². The lowest BCUT2D eigenvalue weighted by Crippen LogP contribution is -2.08. The van der Waals surface area contributed by atoms with Gasteiger partial charge in [0.1, 0.15) is 6.07 Å². The van der Waals surface area contributed by atoms with Gasteiger partial charge in [-0.25, -0.2) is 0 Å². The van der Waals surface area contributed by atoms with Gasteiger partial charge in [-0.15, -0.1) is 0 Å². The molecule has 0 saturated carbocycles. The van der Waals surface area contributed by atoms with Crippen LogP contribution in [0.5, 0.6) is 0 Å². The number of hydrogen-bond acceptors (Lipinski definition) is 2. The van der Waals surface area contributed by atoms with Gasteiger partial charge in [0.05, 0.1) is 17.8 Å². The minimum Gasteiger partial charge on any atom is -0.378 e. The van der Waals surface area contributed by atoms with Crippen LogP contribution >= 0.6 is 0 Å². The second kappa shape index (κ2) is 6.10. The zero-order valence-corrected chi connectivity index (χ0v) is 11.5. The molecule has 1 aromatic carbocycles. The van der Waals surface area contributed by atoms with E-state index in [0.29, 0.717) is 0 Å². The van der Waals surface area contributed by atoms with E-state index in [-0.39, 0.29) is 0 Å². The summed E-state index contributed by atoms with van der Waals surface area (Å²) in [5.74, 6) is 0. The summed E-state index contributed by atoms with van der Waals surface area (Å²) in [6.45, 7) is 5.91. The highest BCUT2D eigenvalue weighted by molar-refractivity contribution is 5.60. The summed E-state index contributed by atoms with van der Waals surface area (Å²) in [6, 6.07) is 12.3. The Hall–Kier alpha value is -2.21. The Labute approximate surface area is 114 Å². The molecule has 1 N–H and O–H groups in total. The Bertz CT molecular complexity index is 590. The Morgan fingerprint density at radius 3 is 2.84 bits per heavy atom. The van der Waals surface area contributed by atoms with E-state index in [2.05, 4.69) is 41.2 Å². The zero-order valence-electron chi connectivity index (χ0n) is 11.5. The van der Waals surface area contributed by atoms with Crippen LogP contribution in [0.1, 0.15) is 30.2 Å². The third-order valence-electron chi connectivity index (χ3n) is 3.23. The molecule has 3 nitrogen and oxygen atoms in total. The van der Waals surface area contributed by atoms with Crippen molar-refractivity contribution in [1.29, 1.82) is 5.26 Å². The zero-order chi connectivity index (χ0) is 13.7. The fourth-order valence-electron chi connectivity index (χ4n) is 2.22. The first kappa shape index (κ1) is 13.2. The van der Waals surface area contributed by atoms with Gasteiger partial charge in [-0.1, -0.05) is 19.1 Å². The predicted molar refractivity (Wildman–Crippen MR) is 77.9 cm³/mol. The Morgan fingerprint density at radius 1 is 1.26 bits per heavy atom. The predicted octanol–water partition coefficient (Wildman–Crippen LogP) is 3.69. The summed E-state index contributed by atoms with van der Waals surface area (Å²) in [6.07, 6.45) is 3.22. The SMILES string of the molecule is CCCn1cccc1CNc1cccc(C)c1C#N. The van der Waals surface area contributed by atoms with E-state index in [1.165, 1.54) is 5.69 Å². The van der Waals surface area contributed by atoms with E-state index in [1.807, 2.05) is 25.1 Å². The quantitative estimate of drug-likeness (QED) is 0.882. The Morgan fingerprint density at radius 2 is 2.11 bits per heavy atom. The summed E-state index contributed by atoms with van der Waals surface area (Å²) in [5, 5.41) is 12.6. The van der Waals surface area contributed by atoms with Crippen molar-refractivity contribution in [3.8, 4) is 6.07 Å². The van der Waals surface area contributed by atoms with Crippen molar-refractivity contribution in [2.24, 2.45) is 0 Å². The lowest BCUT2D eigenvalue weighted by molar-refractivity contribution is 0.654. The fraction of sp³-hybridized carbons (Fsp3) is 0.312. The topological polar surface area (TPSA) is 40.8 Å². The number of nitriles is 1. The smallest absolute Gasteiger partial charge is 0.102 e. The van der Waals surface area contributed by atoms with Crippen molar-refractivity contribution in [3.63, 3.8) is 0 Å². The number of aryl methyl sites for hydroxylation is 2. The Balaban J connectivity index is 2.13. The molecule has 1 aromatic heterocycles. The van der Waals surface area contributed by atoms with Crippen LogP contribution in [-0.4, -0.2) is 4.57 Å². The fourth-order valence-corrected chi connectivity index (χ4v) is 2.22. The molecular formula is C16H19N3. The van der Waals surface area contributed by atoms with Crippen molar-refractivity contribution < 1.29 is 0 Å². The molecule has 0 unspecified atom stereocenters. The third-order valence-corrected chi connectivity index (χ3v) is 3.23. The molecule has 0 atom stereocenters. The van der Waals surface area contributed by atoms with Gasteiger partial charge >= 0.3 is 0 Å². The van der Waals surface area contributed by atoms with Crippen LogP contribution in [0.4, 0.5) is 5.69 Å². The van der Waals surface area contributed by atoms with E-state index in [1.54, 1.807) is 0 Å². The molecule has 0 bridgehead atoms. The molecule has 2 rings (SSSR count). The molecule has 0 amide bonds. The average Bonchev–Trinajstić information content (AvgIpc) is 2.84. The highest BCUT2D eigenvalue weighted by Crippen LogP contribution is 2.19. The normalized spacial score (nSPS) is 10.2. The minimum atomic E-state index is 0.732. The van der Waals surface area contributed by atoms with Crippen molar-refractivity contribution in [1.82, 2.24) is 4.57 Å². The second-order valence-electron chi connectivity index (χ2n) is 4.66.